The highest BCUT2D eigenvalue weighted by molar-refractivity contribution is 6.08. The van der Waals surface area contributed by atoms with Crippen molar-refractivity contribution in [3.05, 3.63) is 46.3 Å². The van der Waals surface area contributed by atoms with E-state index >= 15 is 0 Å². The SMILES string of the molecule is CC1=C(C)C(Cc2ccc(F)c(C(=O)N3CCN(C)C(=O)C3)c2)=N[NH+](OC(=O)C(F)(F)F)C1=O. The van der Waals surface area contributed by atoms with Crippen LogP contribution in [0.3, 0.4) is 0 Å². The molecule has 1 atom stereocenters. The number of nitrogens with zero attached hydrogens (tertiary/aromatic N) is 3. The molecule has 2 aliphatic heterocycles. The molecule has 0 aromatic heterocycles. The van der Waals surface area contributed by atoms with Crippen molar-refractivity contribution >= 4 is 29.4 Å². The van der Waals surface area contributed by atoms with Gasteiger partial charge in [-0.25, -0.2) is 18.8 Å². The second-order valence-electron chi connectivity index (χ2n) is 7.86. The van der Waals surface area contributed by atoms with E-state index in [2.05, 4.69) is 9.94 Å². The molecular weight excluding hydrogens is 464 g/mol. The Balaban J connectivity index is 1.85. The fourth-order valence-electron chi connectivity index (χ4n) is 3.33. The number of hydrogen-bond donors (Lipinski definition) is 1. The van der Waals surface area contributed by atoms with Crippen molar-refractivity contribution in [3.8, 4) is 0 Å². The van der Waals surface area contributed by atoms with Crippen LogP contribution in [0.2, 0.25) is 0 Å². The molecule has 2 heterocycles. The van der Waals surface area contributed by atoms with Crippen LogP contribution in [-0.4, -0.2) is 72.1 Å². The van der Waals surface area contributed by atoms with Gasteiger partial charge in [-0.15, -0.1) is 0 Å². The van der Waals surface area contributed by atoms with Gasteiger partial charge in [0.1, 0.15) is 18.1 Å². The lowest BCUT2D eigenvalue weighted by Gasteiger charge is -2.32. The number of alkyl halides is 3. The van der Waals surface area contributed by atoms with Crippen LogP contribution in [0.5, 0.6) is 0 Å². The fraction of sp³-hybridized carbons (Fsp3) is 0.381. The van der Waals surface area contributed by atoms with Crippen molar-refractivity contribution in [1.29, 1.82) is 0 Å². The molecule has 0 spiro atoms. The highest BCUT2D eigenvalue weighted by Gasteiger charge is 2.47. The number of carbonyl (C=O) groups excluding carboxylic acids is 4. The molecule has 2 aliphatic rings. The third-order valence-corrected chi connectivity index (χ3v) is 5.56. The van der Waals surface area contributed by atoms with E-state index in [4.69, 9.17) is 0 Å². The summed E-state index contributed by atoms with van der Waals surface area (Å²) in [5, 5.41) is 2.77. The summed E-state index contributed by atoms with van der Waals surface area (Å²) in [7, 11) is 1.59. The minimum Gasteiger partial charge on any atom is -0.342 e. The van der Waals surface area contributed by atoms with Crippen LogP contribution >= 0.6 is 0 Å². The predicted molar refractivity (Wildman–Crippen MR) is 108 cm³/mol. The van der Waals surface area contributed by atoms with E-state index in [9.17, 15) is 36.7 Å². The first kappa shape index (κ1) is 25.0. The van der Waals surface area contributed by atoms with E-state index < -0.39 is 34.9 Å². The number of nitrogens with one attached hydrogen (secondary N) is 1. The lowest BCUT2D eigenvalue weighted by molar-refractivity contribution is -1.01. The van der Waals surface area contributed by atoms with Crippen LogP contribution < -0.4 is 5.17 Å². The molecule has 1 aromatic carbocycles. The third kappa shape index (κ3) is 5.14. The van der Waals surface area contributed by atoms with Crippen LogP contribution in [-0.2, 0) is 25.6 Å². The lowest BCUT2D eigenvalue weighted by Crippen LogP contribution is -3.11. The van der Waals surface area contributed by atoms with E-state index in [-0.39, 0.29) is 42.3 Å². The molecule has 1 unspecified atom stereocenters. The number of halogens is 4. The number of quaternary nitrogens is 1. The highest BCUT2D eigenvalue weighted by atomic mass is 19.4. The smallest absolute Gasteiger partial charge is 0.342 e. The Bertz CT molecular complexity index is 1130. The predicted octanol–water partition coefficient (Wildman–Crippen LogP) is 0.420. The first-order valence-electron chi connectivity index (χ1n) is 10.1. The Morgan fingerprint density at radius 1 is 1.15 bits per heavy atom. The van der Waals surface area contributed by atoms with Gasteiger partial charge in [0.2, 0.25) is 5.91 Å². The molecule has 34 heavy (non-hydrogen) atoms. The van der Waals surface area contributed by atoms with Gasteiger partial charge in [-0.05, 0) is 42.2 Å². The van der Waals surface area contributed by atoms with Crippen molar-refractivity contribution in [2.24, 2.45) is 5.10 Å². The fourth-order valence-corrected chi connectivity index (χ4v) is 3.33. The Morgan fingerprint density at radius 3 is 2.44 bits per heavy atom. The molecular formula is C21H21F4N4O5+. The first-order chi connectivity index (χ1) is 15.8. The van der Waals surface area contributed by atoms with E-state index in [0.717, 1.165) is 6.07 Å². The van der Waals surface area contributed by atoms with Gasteiger partial charge in [-0.1, -0.05) is 6.07 Å². The third-order valence-electron chi connectivity index (χ3n) is 5.56. The zero-order valence-electron chi connectivity index (χ0n) is 18.5. The van der Waals surface area contributed by atoms with Crippen LogP contribution in [0.15, 0.2) is 34.4 Å². The monoisotopic (exact) mass is 485 g/mol. The summed E-state index contributed by atoms with van der Waals surface area (Å²) in [5.74, 6) is -5.33. The van der Waals surface area contributed by atoms with Crippen LogP contribution in [0.1, 0.15) is 29.8 Å². The molecule has 1 fully saturated rings. The molecule has 1 aromatic rings. The number of carbonyl (C=O) groups is 4. The van der Waals surface area contributed by atoms with Gasteiger partial charge in [-0.2, -0.15) is 13.2 Å². The number of allylic oxidation sites excluding steroid dienone is 1. The summed E-state index contributed by atoms with van der Waals surface area (Å²) in [6.07, 6.45) is -5.41. The van der Waals surface area contributed by atoms with Crippen molar-refractivity contribution in [2.45, 2.75) is 26.4 Å². The van der Waals surface area contributed by atoms with Crippen molar-refractivity contribution in [2.75, 3.05) is 26.7 Å². The van der Waals surface area contributed by atoms with Crippen molar-refractivity contribution < 1.29 is 46.7 Å². The Kier molecular flexibility index (Phi) is 6.87. The maximum Gasteiger partial charge on any atom is 0.497 e. The summed E-state index contributed by atoms with van der Waals surface area (Å²) < 4.78 is 52.1. The summed E-state index contributed by atoms with van der Waals surface area (Å²) in [4.78, 5) is 54.9. The van der Waals surface area contributed by atoms with Crippen LogP contribution in [0.4, 0.5) is 17.6 Å². The number of piperazine rings is 1. The average Bonchev–Trinajstić information content (AvgIpc) is 2.77. The molecule has 1 saturated heterocycles. The second kappa shape index (κ2) is 9.33. The maximum atomic E-state index is 14.4. The summed E-state index contributed by atoms with van der Waals surface area (Å²) in [6, 6.07) is 3.66. The Morgan fingerprint density at radius 2 is 1.82 bits per heavy atom. The van der Waals surface area contributed by atoms with Crippen molar-refractivity contribution in [1.82, 2.24) is 9.80 Å². The standard InChI is InChI=1S/C21H20F4N4O5/c1-11-12(2)18(31)29(34-20(33)21(23,24)25)26-16(11)9-13-4-5-15(22)14(8-13)19(32)28-7-6-27(3)17(30)10-28/h4-5,8H,6-7,9-10H2,1-3H3/p+1. The lowest BCUT2D eigenvalue weighted by atomic mass is 9.97. The van der Waals surface area contributed by atoms with Crippen LogP contribution in [0.25, 0.3) is 0 Å². The van der Waals surface area contributed by atoms with Crippen LogP contribution in [0, 0.1) is 5.82 Å². The van der Waals surface area contributed by atoms with E-state index in [1.165, 1.54) is 35.8 Å². The number of rotatable bonds is 4. The molecule has 9 nitrogen and oxygen atoms in total. The van der Waals surface area contributed by atoms with Gasteiger partial charge in [0.25, 0.3) is 5.91 Å². The molecule has 13 heteroatoms. The van der Waals surface area contributed by atoms with E-state index in [1.54, 1.807) is 7.05 Å². The van der Waals surface area contributed by atoms with Gasteiger partial charge in [0, 0.05) is 31.7 Å². The highest BCUT2D eigenvalue weighted by Crippen LogP contribution is 2.19. The molecule has 0 radical (unpaired) electrons. The summed E-state index contributed by atoms with van der Waals surface area (Å²) >= 11 is 0. The van der Waals surface area contributed by atoms with Gasteiger partial charge in [-0.3, -0.25) is 9.59 Å². The Labute approximate surface area is 191 Å². The number of hydrogen-bond acceptors (Lipinski definition) is 6. The van der Waals surface area contributed by atoms with Gasteiger partial charge >= 0.3 is 18.1 Å². The second-order valence-corrected chi connectivity index (χ2v) is 7.86. The molecule has 0 saturated carbocycles. The number of hydroxylamine groups is 1. The molecule has 182 valence electrons. The summed E-state index contributed by atoms with van der Waals surface area (Å²) in [6.45, 7) is 3.19. The molecule has 1 N–H and O–H groups in total. The topological polar surface area (TPSA) is 101 Å². The van der Waals surface area contributed by atoms with Gasteiger partial charge < -0.3 is 9.80 Å². The van der Waals surface area contributed by atoms with Crippen molar-refractivity contribution in [3.63, 3.8) is 0 Å². The normalized spacial score (nSPS) is 19.4. The zero-order valence-corrected chi connectivity index (χ0v) is 18.5. The first-order valence-corrected chi connectivity index (χ1v) is 10.1. The quantitative estimate of drug-likeness (QED) is 0.624. The minimum absolute atomic E-state index is 0.0318. The number of amides is 3. The number of benzene rings is 1. The average molecular weight is 485 g/mol. The number of likely N-dealkylation sites (N-methyl/N-ethyl adjacent to an activating group) is 1. The Hall–Kier alpha value is -3.61. The van der Waals surface area contributed by atoms with E-state index in [0.29, 0.717) is 17.7 Å². The largest absolute Gasteiger partial charge is 0.497 e. The minimum atomic E-state index is -5.32. The zero-order chi connectivity index (χ0) is 25.4. The molecule has 0 bridgehead atoms. The molecule has 3 rings (SSSR count). The molecule has 0 aliphatic carbocycles. The molecule has 3 amide bonds. The van der Waals surface area contributed by atoms with E-state index in [1.807, 2.05) is 0 Å². The van der Waals surface area contributed by atoms with Gasteiger partial charge in [0.05, 0.1) is 11.1 Å². The van der Waals surface area contributed by atoms with Gasteiger partial charge in [0.15, 0.2) is 0 Å². The maximum absolute atomic E-state index is 14.4. The summed E-state index contributed by atoms with van der Waals surface area (Å²) in [5.41, 5.74) is 0.574.